The summed E-state index contributed by atoms with van der Waals surface area (Å²) in [5.41, 5.74) is -0.0611. The van der Waals surface area contributed by atoms with E-state index in [1.807, 2.05) is 6.92 Å². The van der Waals surface area contributed by atoms with Crippen LogP contribution in [0.25, 0.3) is 0 Å². The van der Waals surface area contributed by atoms with Crippen LogP contribution in [0, 0.1) is 28.6 Å². The van der Waals surface area contributed by atoms with Crippen molar-refractivity contribution in [3.63, 3.8) is 0 Å². The summed E-state index contributed by atoms with van der Waals surface area (Å²) >= 11 is 0. The number of rotatable bonds is 7. The Hall–Kier alpha value is -2.45. The molecule has 1 saturated carbocycles. The third kappa shape index (κ3) is 4.90. The van der Waals surface area contributed by atoms with Crippen LogP contribution in [0.2, 0.25) is 0 Å². The number of hydrogen-bond acceptors (Lipinski definition) is 8. The van der Waals surface area contributed by atoms with Gasteiger partial charge in [0.25, 0.3) is 0 Å². The average Bonchev–Trinajstić information content (AvgIpc) is 3.07. The summed E-state index contributed by atoms with van der Waals surface area (Å²) in [4.78, 5) is 36.7. The quantitative estimate of drug-likeness (QED) is 0.238. The zero-order valence-electron chi connectivity index (χ0n) is 22.4. The second-order valence-corrected chi connectivity index (χ2v) is 11.0. The second-order valence-electron chi connectivity index (χ2n) is 11.0. The average molecular weight is 505 g/mol. The summed E-state index contributed by atoms with van der Waals surface area (Å²) in [6.45, 7) is 16.1. The van der Waals surface area contributed by atoms with Crippen molar-refractivity contribution in [2.24, 2.45) is 28.6 Å². The van der Waals surface area contributed by atoms with Crippen molar-refractivity contribution >= 4 is 17.9 Å². The van der Waals surface area contributed by atoms with E-state index in [0.29, 0.717) is 24.8 Å². The maximum Gasteiger partial charge on any atom is 0.308 e. The van der Waals surface area contributed by atoms with Gasteiger partial charge in [-0.1, -0.05) is 52.0 Å². The molecule has 0 bridgehead atoms. The first-order chi connectivity index (χ1) is 16.8. The molecular weight excluding hydrogens is 464 g/mol. The zero-order chi connectivity index (χ0) is 27.0. The highest BCUT2D eigenvalue weighted by molar-refractivity contribution is 5.72. The van der Waals surface area contributed by atoms with Gasteiger partial charge in [0, 0.05) is 19.4 Å². The fourth-order valence-corrected chi connectivity index (χ4v) is 6.15. The second kappa shape index (κ2) is 10.5. The van der Waals surface area contributed by atoms with Crippen LogP contribution in [0.3, 0.4) is 0 Å². The van der Waals surface area contributed by atoms with Crippen molar-refractivity contribution < 1.29 is 38.4 Å². The molecular formula is C28H40O8. The normalized spacial score (nSPS) is 37.9. The molecule has 2 aliphatic carbocycles. The van der Waals surface area contributed by atoms with Crippen LogP contribution in [0.15, 0.2) is 36.0 Å². The molecule has 0 unspecified atom stereocenters. The highest BCUT2D eigenvalue weighted by Crippen LogP contribution is 2.67. The van der Waals surface area contributed by atoms with Crippen molar-refractivity contribution in [2.75, 3.05) is 0 Å². The minimum absolute atomic E-state index is 0.0727. The maximum atomic E-state index is 12.6. The van der Waals surface area contributed by atoms with Crippen molar-refractivity contribution in [3.05, 3.63) is 36.0 Å². The van der Waals surface area contributed by atoms with E-state index in [4.69, 9.17) is 18.9 Å². The summed E-state index contributed by atoms with van der Waals surface area (Å²) in [5, 5.41) is 11.7. The van der Waals surface area contributed by atoms with E-state index >= 15 is 0 Å². The fraction of sp³-hybridized carbons (Fsp3) is 0.679. The molecule has 0 aromatic heterocycles. The van der Waals surface area contributed by atoms with Crippen LogP contribution in [-0.2, 0) is 33.3 Å². The lowest BCUT2D eigenvalue weighted by atomic mass is 9.45. The third-order valence-electron chi connectivity index (χ3n) is 8.32. The summed E-state index contributed by atoms with van der Waals surface area (Å²) in [6.07, 6.45) is 3.22. The summed E-state index contributed by atoms with van der Waals surface area (Å²) in [7, 11) is 0. The molecule has 1 saturated heterocycles. The van der Waals surface area contributed by atoms with Gasteiger partial charge in [0.1, 0.15) is 6.10 Å². The van der Waals surface area contributed by atoms with Gasteiger partial charge in [0.15, 0.2) is 0 Å². The van der Waals surface area contributed by atoms with Crippen LogP contribution in [0.1, 0.15) is 67.7 Å². The Morgan fingerprint density at radius 1 is 1.17 bits per heavy atom. The van der Waals surface area contributed by atoms with E-state index in [9.17, 15) is 19.5 Å². The molecule has 0 aromatic carbocycles. The van der Waals surface area contributed by atoms with E-state index in [-0.39, 0.29) is 23.7 Å². The third-order valence-corrected chi connectivity index (χ3v) is 8.32. The SMILES string of the molecule is C=C/C(C)=C/C[C@@]1(C)[C@H]2C[C@@H](OC(=O)C(C)C)C=C3[C@H](OC(C)=O)O[C@@H](OC(C)=O)[C@]32[C@H](O)C[C@@H]1C. The molecule has 36 heavy (non-hydrogen) atoms. The Kier molecular flexibility index (Phi) is 8.20. The molecule has 0 amide bonds. The first-order valence-electron chi connectivity index (χ1n) is 12.7. The van der Waals surface area contributed by atoms with Gasteiger partial charge in [-0.3, -0.25) is 19.1 Å². The molecule has 0 aromatic rings. The summed E-state index contributed by atoms with van der Waals surface area (Å²) < 4.78 is 23.1. The molecule has 2 fully saturated rings. The number of aliphatic hydroxyl groups excluding tert-OH is 1. The van der Waals surface area contributed by atoms with Crippen molar-refractivity contribution in [1.82, 2.24) is 0 Å². The van der Waals surface area contributed by atoms with Crippen molar-refractivity contribution in [1.29, 1.82) is 0 Å². The van der Waals surface area contributed by atoms with Crippen molar-refractivity contribution in [3.8, 4) is 0 Å². The molecule has 3 rings (SSSR count). The van der Waals surface area contributed by atoms with E-state index in [0.717, 1.165) is 5.57 Å². The van der Waals surface area contributed by atoms with E-state index in [2.05, 4.69) is 26.5 Å². The lowest BCUT2D eigenvalue weighted by molar-refractivity contribution is -0.254. The molecule has 1 spiro atoms. The predicted octanol–water partition coefficient (Wildman–Crippen LogP) is 4.22. The maximum absolute atomic E-state index is 12.6. The van der Waals surface area contributed by atoms with Crippen LogP contribution in [0.5, 0.6) is 0 Å². The fourth-order valence-electron chi connectivity index (χ4n) is 6.15. The van der Waals surface area contributed by atoms with Gasteiger partial charge in [-0.05, 0) is 49.5 Å². The molecule has 8 nitrogen and oxygen atoms in total. The zero-order valence-corrected chi connectivity index (χ0v) is 22.4. The summed E-state index contributed by atoms with van der Waals surface area (Å²) in [5.74, 6) is -2.08. The first-order valence-corrected chi connectivity index (χ1v) is 12.7. The van der Waals surface area contributed by atoms with E-state index < -0.39 is 47.6 Å². The standard InChI is InChI=1S/C28H40O8/c1-9-16(4)10-11-27(8)17(5)12-23(31)28-21(13-20(14-22(27)28)35-24(32)15(2)3)25(33-18(6)29)36-26(28)34-19(7)30/h9-10,13,15,17,20,22-23,25-26,31H,1,11-12,14H2,2-8H3/b16-10+/t17-,20-,22+,23+,25+,26+,27+,28+/m0/s1. The minimum atomic E-state index is -1.17. The van der Waals surface area contributed by atoms with Crippen molar-refractivity contribution in [2.45, 2.75) is 92.5 Å². The van der Waals surface area contributed by atoms with Gasteiger partial charge < -0.3 is 19.3 Å². The number of carbonyl (C=O) groups is 3. The molecule has 0 radical (unpaired) electrons. The van der Waals surface area contributed by atoms with Gasteiger partial charge in [-0.15, -0.1) is 0 Å². The van der Waals surface area contributed by atoms with Gasteiger partial charge in [-0.25, -0.2) is 0 Å². The molecule has 8 atom stereocenters. The number of carbonyl (C=O) groups excluding carboxylic acids is 3. The molecule has 3 aliphatic rings. The molecule has 1 aliphatic heterocycles. The molecule has 1 heterocycles. The molecule has 200 valence electrons. The van der Waals surface area contributed by atoms with Crippen LogP contribution in [-0.4, -0.2) is 47.8 Å². The minimum Gasteiger partial charge on any atom is -0.458 e. The number of esters is 3. The Labute approximate surface area is 213 Å². The predicted molar refractivity (Wildman–Crippen MR) is 132 cm³/mol. The number of ether oxygens (including phenoxy) is 4. The largest absolute Gasteiger partial charge is 0.458 e. The van der Waals surface area contributed by atoms with Crippen LogP contribution < -0.4 is 0 Å². The Morgan fingerprint density at radius 3 is 2.36 bits per heavy atom. The van der Waals surface area contributed by atoms with Gasteiger partial charge in [-0.2, -0.15) is 0 Å². The Balaban J connectivity index is 2.23. The Bertz CT molecular complexity index is 965. The molecule has 8 heteroatoms. The number of aliphatic hydroxyl groups is 1. The summed E-state index contributed by atoms with van der Waals surface area (Å²) in [6, 6.07) is 0. The van der Waals surface area contributed by atoms with E-state index in [1.165, 1.54) is 13.8 Å². The highest BCUT2D eigenvalue weighted by atomic mass is 16.8. The highest BCUT2D eigenvalue weighted by Gasteiger charge is 2.71. The monoisotopic (exact) mass is 504 g/mol. The smallest absolute Gasteiger partial charge is 0.308 e. The lowest BCUT2D eigenvalue weighted by Crippen LogP contribution is -2.63. The van der Waals surface area contributed by atoms with Crippen LogP contribution >= 0.6 is 0 Å². The number of allylic oxidation sites excluding steroid dienone is 3. The Morgan fingerprint density at radius 2 is 1.81 bits per heavy atom. The van der Waals surface area contributed by atoms with Gasteiger partial charge in [0.2, 0.25) is 12.6 Å². The molecule has 1 N–H and O–H groups in total. The first kappa shape index (κ1) is 28.1. The lowest BCUT2D eigenvalue weighted by Gasteiger charge is -2.60. The topological polar surface area (TPSA) is 108 Å². The van der Waals surface area contributed by atoms with E-state index in [1.54, 1.807) is 26.0 Å². The van der Waals surface area contributed by atoms with Gasteiger partial charge in [0.05, 0.1) is 17.4 Å². The van der Waals surface area contributed by atoms with Crippen LogP contribution in [0.4, 0.5) is 0 Å². The number of hydrogen-bond donors (Lipinski definition) is 1. The van der Waals surface area contributed by atoms with Gasteiger partial charge >= 0.3 is 17.9 Å².